The van der Waals surface area contributed by atoms with Gasteiger partial charge in [-0.25, -0.2) is 0 Å². The maximum absolute atomic E-state index is 12.4. The van der Waals surface area contributed by atoms with Crippen molar-refractivity contribution in [1.82, 2.24) is 0 Å². The van der Waals surface area contributed by atoms with Gasteiger partial charge in [-0.15, -0.1) is 0 Å². The van der Waals surface area contributed by atoms with Gasteiger partial charge in [-0.1, -0.05) is 76.2 Å². The van der Waals surface area contributed by atoms with Crippen LogP contribution in [0.5, 0.6) is 34.5 Å². The van der Waals surface area contributed by atoms with Gasteiger partial charge in [0.1, 0.15) is 11.5 Å². The summed E-state index contributed by atoms with van der Waals surface area (Å²) in [6.45, 7) is 15.0. The standard InChI is InChI=1S/C44H44N2O6/c1-21(2)33-27-17-25(7)35(41(49)37(27)29(39(47)43(33)51)19-45-31-15-11-9-13-23(31)5)36-26(8)18-28-34(22(3)4)44(52)40(48)30(38(28)42(36)50)20-46-32-16-12-10-14-24(32)6/h9-22,47-52H,1-8H3. The van der Waals surface area contributed by atoms with Crippen LogP contribution in [0.2, 0.25) is 0 Å². The Hall–Kier alpha value is -6.02. The number of benzene rings is 6. The van der Waals surface area contributed by atoms with Gasteiger partial charge >= 0.3 is 0 Å². The summed E-state index contributed by atoms with van der Waals surface area (Å²) in [4.78, 5) is 9.26. The maximum Gasteiger partial charge on any atom is 0.167 e. The molecule has 6 N–H and O–H groups in total. The Balaban J connectivity index is 1.73. The van der Waals surface area contributed by atoms with Crippen LogP contribution in [0.3, 0.4) is 0 Å². The lowest BCUT2D eigenvalue weighted by Gasteiger charge is -2.23. The van der Waals surface area contributed by atoms with Crippen molar-refractivity contribution in [2.75, 3.05) is 0 Å². The number of para-hydroxylation sites is 2. The minimum atomic E-state index is -0.422. The first-order chi connectivity index (χ1) is 24.6. The molecule has 8 heteroatoms. The Labute approximate surface area is 303 Å². The van der Waals surface area contributed by atoms with Gasteiger partial charge in [0.25, 0.3) is 0 Å². The van der Waals surface area contributed by atoms with Crippen molar-refractivity contribution in [2.45, 2.75) is 67.2 Å². The number of hydrogen-bond acceptors (Lipinski definition) is 8. The Morgan fingerprint density at radius 1 is 0.462 bits per heavy atom. The summed E-state index contributed by atoms with van der Waals surface area (Å²) in [5.74, 6) is -2.33. The molecule has 0 aliphatic carbocycles. The van der Waals surface area contributed by atoms with E-state index in [4.69, 9.17) is 0 Å². The highest BCUT2D eigenvalue weighted by molar-refractivity contribution is 6.15. The van der Waals surface area contributed by atoms with Crippen LogP contribution in [0.1, 0.15) is 84.0 Å². The molecule has 0 aliphatic rings. The predicted molar refractivity (Wildman–Crippen MR) is 211 cm³/mol. The predicted octanol–water partition coefficient (Wildman–Crippen LogP) is 10.9. The zero-order valence-corrected chi connectivity index (χ0v) is 30.7. The summed E-state index contributed by atoms with van der Waals surface area (Å²) in [6, 6.07) is 18.7. The van der Waals surface area contributed by atoms with Crippen LogP contribution < -0.4 is 0 Å². The number of aryl methyl sites for hydroxylation is 4. The fraction of sp³-hybridized carbons (Fsp3) is 0.227. The van der Waals surface area contributed by atoms with Crippen LogP contribution in [-0.4, -0.2) is 43.1 Å². The highest BCUT2D eigenvalue weighted by Crippen LogP contribution is 2.54. The first-order valence-corrected chi connectivity index (χ1v) is 17.3. The molecule has 0 bridgehead atoms. The molecule has 0 spiro atoms. The van der Waals surface area contributed by atoms with E-state index in [0.29, 0.717) is 55.5 Å². The number of phenols is 6. The molecule has 266 valence electrons. The van der Waals surface area contributed by atoms with Gasteiger partial charge in [0.15, 0.2) is 23.0 Å². The highest BCUT2D eigenvalue weighted by Gasteiger charge is 2.29. The van der Waals surface area contributed by atoms with Crippen LogP contribution in [-0.2, 0) is 0 Å². The molecule has 6 aromatic carbocycles. The zero-order chi connectivity index (χ0) is 37.8. The number of aromatic hydroxyl groups is 6. The SMILES string of the molecule is Cc1ccccc1N=Cc1c(O)c(O)c(C(C)C)c2cc(C)c(-c3c(C)cc4c(C(C)C)c(O)c(O)c(C=Nc5ccccc5C)c4c3O)c(O)c12. The smallest absolute Gasteiger partial charge is 0.167 e. The topological polar surface area (TPSA) is 146 Å². The van der Waals surface area contributed by atoms with E-state index in [9.17, 15) is 30.6 Å². The average molecular weight is 697 g/mol. The number of hydrogen-bond donors (Lipinski definition) is 6. The lowest BCUT2D eigenvalue weighted by molar-refractivity contribution is 0.398. The molecule has 0 radical (unpaired) electrons. The monoisotopic (exact) mass is 696 g/mol. The number of rotatable bonds is 7. The van der Waals surface area contributed by atoms with Crippen molar-refractivity contribution in [2.24, 2.45) is 9.98 Å². The number of aliphatic imine (C=N–C) groups is 2. The fourth-order valence-electron chi connectivity index (χ4n) is 7.31. The summed E-state index contributed by atoms with van der Waals surface area (Å²) >= 11 is 0. The van der Waals surface area contributed by atoms with Crippen LogP contribution in [0, 0.1) is 27.7 Å². The van der Waals surface area contributed by atoms with E-state index in [0.717, 1.165) is 11.1 Å². The van der Waals surface area contributed by atoms with Gasteiger partial charge in [0, 0.05) is 45.5 Å². The van der Waals surface area contributed by atoms with Gasteiger partial charge in [-0.05, 0) is 84.7 Å². The third kappa shape index (κ3) is 5.84. The highest BCUT2D eigenvalue weighted by atomic mass is 16.3. The van der Waals surface area contributed by atoms with Crippen LogP contribution in [0.25, 0.3) is 32.7 Å². The van der Waals surface area contributed by atoms with Gasteiger partial charge in [0.2, 0.25) is 0 Å². The average Bonchev–Trinajstić information content (AvgIpc) is 3.08. The second kappa shape index (κ2) is 13.6. The van der Waals surface area contributed by atoms with E-state index in [1.165, 1.54) is 12.4 Å². The molecule has 0 atom stereocenters. The van der Waals surface area contributed by atoms with E-state index in [-0.39, 0.29) is 56.7 Å². The first-order valence-electron chi connectivity index (χ1n) is 17.3. The molecule has 0 saturated carbocycles. The Morgan fingerprint density at radius 2 is 0.808 bits per heavy atom. The van der Waals surface area contributed by atoms with Crippen molar-refractivity contribution in [3.63, 3.8) is 0 Å². The van der Waals surface area contributed by atoms with Crippen molar-refractivity contribution in [3.8, 4) is 45.6 Å². The fourth-order valence-corrected chi connectivity index (χ4v) is 7.31. The molecular weight excluding hydrogens is 652 g/mol. The molecule has 0 fully saturated rings. The van der Waals surface area contributed by atoms with Crippen LogP contribution in [0.15, 0.2) is 70.6 Å². The molecule has 6 aromatic rings. The van der Waals surface area contributed by atoms with E-state index < -0.39 is 11.5 Å². The second-order valence-corrected chi connectivity index (χ2v) is 14.1. The van der Waals surface area contributed by atoms with Gasteiger partial charge in [0.05, 0.1) is 22.5 Å². The minimum Gasteiger partial charge on any atom is -0.507 e. The van der Waals surface area contributed by atoms with E-state index >= 15 is 0 Å². The third-order valence-electron chi connectivity index (χ3n) is 9.89. The van der Waals surface area contributed by atoms with Gasteiger partial charge in [-0.2, -0.15) is 0 Å². The van der Waals surface area contributed by atoms with E-state index in [1.807, 2.05) is 102 Å². The third-order valence-corrected chi connectivity index (χ3v) is 9.89. The molecule has 0 heterocycles. The summed E-state index contributed by atoms with van der Waals surface area (Å²) in [6.07, 6.45) is 2.87. The summed E-state index contributed by atoms with van der Waals surface area (Å²) in [5.41, 5.74) is 6.06. The number of phenolic OH excluding ortho intramolecular Hbond substituents is 6. The van der Waals surface area contributed by atoms with E-state index in [1.54, 1.807) is 13.8 Å². The molecule has 0 aromatic heterocycles. The number of nitrogens with zero attached hydrogens (tertiary/aromatic N) is 2. The zero-order valence-electron chi connectivity index (χ0n) is 30.7. The van der Waals surface area contributed by atoms with E-state index in [2.05, 4.69) is 9.98 Å². The second-order valence-electron chi connectivity index (χ2n) is 14.1. The van der Waals surface area contributed by atoms with Crippen LogP contribution >= 0.6 is 0 Å². The normalized spacial score (nSPS) is 12.1. The molecule has 0 amide bonds. The molecule has 0 aliphatic heterocycles. The van der Waals surface area contributed by atoms with Gasteiger partial charge in [-0.3, -0.25) is 9.98 Å². The Bertz CT molecular complexity index is 2300. The van der Waals surface area contributed by atoms with Crippen molar-refractivity contribution in [3.05, 3.63) is 105 Å². The lowest BCUT2D eigenvalue weighted by atomic mass is 9.83. The minimum absolute atomic E-state index is 0.118. The largest absolute Gasteiger partial charge is 0.507 e. The summed E-state index contributed by atoms with van der Waals surface area (Å²) < 4.78 is 0. The maximum atomic E-state index is 12.4. The van der Waals surface area contributed by atoms with Crippen molar-refractivity contribution < 1.29 is 30.6 Å². The Morgan fingerprint density at radius 3 is 1.13 bits per heavy atom. The molecular formula is C44H44N2O6. The van der Waals surface area contributed by atoms with Crippen LogP contribution in [0.4, 0.5) is 11.4 Å². The molecule has 0 saturated heterocycles. The van der Waals surface area contributed by atoms with Gasteiger partial charge < -0.3 is 30.6 Å². The lowest BCUT2D eigenvalue weighted by Crippen LogP contribution is -2.01. The molecule has 8 nitrogen and oxygen atoms in total. The molecule has 0 unspecified atom stereocenters. The number of fused-ring (bicyclic) bond motifs is 2. The summed E-state index contributed by atoms with van der Waals surface area (Å²) in [7, 11) is 0. The molecule has 6 rings (SSSR count). The molecule has 52 heavy (non-hydrogen) atoms. The first kappa shape index (κ1) is 35.8. The quantitative estimate of drug-likeness (QED) is 0.0723. The van der Waals surface area contributed by atoms with Crippen molar-refractivity contribution in [1.29, 1.82) is 0 Å². The Kier molecular flexibility index (Phi) is 9.36. The van der Waals surface area contributed by atoms with Crippen molar-refractivity contribution >= 4 is 45.3 Å². The summed E-state index contributed by atoms with van der Waals surface area (Å²) in [5, 5.41) is 71.8.